The first kappa shape index (κ1) is 22.7. The van der Waals surface area contributed by atoms with Crippen molar-refractivity contribution in [2.75, 3.05) is 25.4 Å². The Morgan fingerprint density at radius 1 is 1.14 bits per heavy atom. The second kappa shape index (κ2) is 8.15. The van der Waals surface area contributed by atoms with Gasteiger partial charge in [-0.25, -0.2) is 0 Å². The molecule has 6 heteroatoms. The van der Waals surface area contributed by atoms with Crippen molar-refractivity contribution in [2.24, 2.45) is 17.3 Å². The zero-order valence-corrected chi connectivity index (χ0v) is 21.8. The van der Waals surface area contributed by atoms with Gasteiger partial charge in [0.25, 0.3) is 0 Å². The van der Waals surface area contributed by atoms with Crippen molar-refractivity contribution >= 4 is 31.8 Å². The molecular weight excluding hydrogens is 416 g/mol. The normalized spacial score (nSPS) is 39.0. The number of methoxy groups -OCH3 is 1. The molecule has 3 nitrogen and oxygen atoms in total. The van der Waals surface area contributed by atoms with Gasteiger partial charge in [-0.05, 0) is 73.6 Å². The molecule has 0 aromatic carbocycles. The minimum atomic E-state index is -1.81. The van der Waals surface area contributed by atoms with Crippen LogP contribution in [-0.2, 0) is 13.9 Å². The maximum absolute atomic E-state index is 7.19. The Balaban J connectivity index is 1.66. The molecule has 4 rings (SSSR count). The van der Waals surface area contributed by atoms with Crippen LogP contribution >= 0.6 is 23.5 Å². The maximum atomic E-state index is 7.19. The van der Waals surface area contributed by atoms with Gasteiger partial charge in [-0.2, -0.15) is 0 Å². The molecule has 2 saturated carbocycles. The summed E-state index contributed by atoms with van der Waals surface area (Å²) in [6, 6.07) is 0. The smallest absolute Gasteiger partial charge is 0.192 e. The zero-order valence-electron chi connectivity index (χ0n) is 19.2. The summed E-state index contributed by atoms with van der Waals surface area (Å²) in [5.41, 5.74) is 0.208. The van der Waals surface area contributed by atoms with Gasteiger partial charge in [-0.15, -0.1) is 23.5 Å². The Morgan fingerprint density at radius 2 is 1.86 bits per heavy atom. The van der Waals surface area contributed by atoms with Crippen LogP contribution in [0.2, 0.25) is 18.1 Å². The summed E-state index contributed by atoms with van der Waals surface area (Å²) in [5.74, 6) is 4.06. The molecule has 0 unspecified atom stereocenters. The highest BCUT2D eigenvalue weighted by Gasteiger charge is 2.68. The topological polar surface area (TPSA) is 27.7 Å². The van der Waals surface area contributed by atoms with Gasteiger partial charge < -0.3 is 13.9 Å². The molecule has 0 N–H and O–H groups in total. The fraction of sp³-hybridized carbons (Fsp3) is 0.913. The highest BCUT2D eigenvalue weighted by Crippen LogP contribution is 2.72. The average Bonchev–Trinajstić information content (AvgIpc) is 3.13. The number of ether oxygens (including phenoxy) is 2. The SMILES string of the molecule is COCO[C@@H]1C=C[C@]23[C@H](C1)CC1(SCCCS1)[C@@H]2CC[C@H]3O[Si](C)(C)C(C)(C)C. The van der Waals surface area contributed by atoms with Gasteiger partial charge in [-0.3, -0.25) is 0 Å². The minimum Gasteiger partial charge on any atom is -0.413 e. The van der Waals surface area contributed by atoms with Crippen LogP contribution in [0.1, 0.15) is 52.9 Å². The van der Waals surface area contributed by atoms with E-state index in [9.17, 15) is 0 Å². The van der Waals surface area contributed by atoms with Gasteiger partial charge in [0.15, 0.2) is 8.32 Å². The van der Waals surface area contributed by atoms with Crippen molar-refractivity contribution in [1.29, 1.82) is 0 Å². The van der Waals surface area contributed by atoms with Crippen LogP contribution in [0.5, 0.6) is 0 Å². The number of rotatable bonds is 5. The average molecular weight is 457 g/mol. The Labute approximate surface area is 187 Å². The van der Waals surface area contributed by atoms with Gasteiger partial charge in [0.05, 0.1) is 16.3 Å². The summed E-state index contributed by atoms with van der Waals surface area (Å²) in [7, 11) is -0.0968. The van der Waals surface area contributed by atoms with Crippen molar-refractivity contribution < 1.29 is 13.9 Å². The van der Waals surface area contributed by atoms with Crippen LogP contribution in [0.3, 0.4) is 0 Å². The van der Waals surface area contributed by atoms with E-state index in [1.807, 2.05) is 0 Å². The minimum absolute atomic E-state index is 0.189. The highest BCUT2D eigenvalue weighted by atomic mass is 32.2. The van der Waals surface area contributed by atoms with E-state index in [-0.39, 0.29) is 16.6 Å². The predicted molar refractivity (Wildman–Crippen MR) is 128 cm³/mol. The van der Waals surface area contributed by atoms with Gasteiger partial charge in [0.2, 0.25) is 0 Å². The van der Waals surface area contributed by atoms with Crippen LogP contribution in [0.4, 0.5) is 0 Å². The molecule has 3 fully saturated rings. The molecule has 1 heterocycles. The second-order valence-corrected chi connectivity index (χ2v) is 18.8. The monoisotopic (exact) mass is 456 g/mol. The lowest BCUT2D eigenvalue weighted by atomic mass is 9.67. The molecule has 3 aliphatic carbocycles. The van der Waals surface area contributed by atoms with Crippen molar-refractivity contribution in [1.82, 2.24) is 0 Å². The van der Waals surface area contributed by atoms with Crippen molar-refractivity contribution in [3.8, 4) is 0 Å². The van der Waals surface area contributed by atoms with Gasteiger partial charge in [0.1, 0.15) is 6.79 Å². The molecule has 2 spiro atoms. The third-order valence-electron chi connectivity index (χ3n) is 8.39. The van der Waals surface area contributed by atoms with Crippen LogP contribution < -0.4 is 0 Å². The summed E-state index contributed by atoms with van der Waals surface area (Å²) in [6.07, 6.45) is 11.8. The standard InChI is InChI=1S/C23H40O3S2Si/c1-21(2,3)29(5,6)26-20-9-8-19-22(20)11-10-18(25-16-24-4)14-17(22)15-23(19)27-12-7-13-28-23/h10-11,17-20H,7-9,12-16H2,1-6H3/t17-,18-,19-,20-,22+/m1/s1. The van der Waals surface area contributed by atoms with E-state index < -0.39 is 8.32 Å². The molecule has 1 saturated heterocycles. The van der Waals surface area contributed by atoms with Crippen molar-refractivity contribution in [2.45, 2.75) is 87.3 Å². The molecule has 29 heavy (non-hydrogen) atoms. The van der Waals surface area contributed by atoms with E-state index >= 15 is 0 Å². The van der Waals surface area contributed by atoms with Crippen molar-refractivity contribution in [3.63, 3.8) is 0 Å². The Hall–Kier alpha value is 0.537. The Bertz CT molecular complexity index is 626. The Morgan fingerprint density at radius 3 is 2.52 bits per heavy atom. The number of hydrogen-bond donors (Lipinski definition) is 0. The lowest BCUT2D eigenvalue weighted by Gasteiger charge is -2.48. The highest BCUT2D eigenvalue weighted by molar-refractivity contribution is 8.18. The van der Waals surface area contributed by atoms with Crippen LogP contribution in [0.25, 0.3) is 0 Å². The summed E-state index contributed by atoms with van der Waals surface area (Å²) < 4.78 is 18.8. The van der Waals surface area contributed by atoms with Gasteiger partial charge >= 0.3 is 0 Å². The molecule has 4 aliphatic rings. The third-order valence-corrected chi connectivity index (χ3v) is 16.4. The summed E-state index contributed by atoms with van der Waals surface area (Å²) in [6.45, 7) is 12.4. The first-order valence-corrected chi connectivity index (χ1v) is 16.3. The quantitative estimate of drug-likeness (QED) is 0.275. The van der Waals surface area contributed by atoms with E-state index in [1.165, 1.54) is 37.2 Å². The van der Waals surface area contributed by atoms with Crippen LogP contribution in [0, 0.1) is 17.3 Å². The lowest BCUT2D eigenvalue weighted by Crippen LogP contribution is -2.50. The maximum Gasteiger partial charge on any atom is 0.192 e. The molecule has 0 aromatic heterocycles. The predicted octanol–water partition coefficient (Wildman–Crippen LogP) is 6.31. The molecule has 0 bridgehead atoms. The van der Waals surface area contributed by atoms with E-state index in [1.54, 1.807) is 7.11 Å². The summed E-state index contributed by atoms with van der Waals surface area (Å²) >= 11 is 4.55. The number of hydrogen-bond acceptors (Lipinski definition) is 5. The van der Waals surface area contributed by atoms with Crippen LogP contribution in [-0.4, -0.2) is 50.0 Å². The first-order chi connectivity index (χ1) is 13.6. The van der Waals surface area contributed by atoms with E-state index in [0.29, 0.717) is 22.9 Å². The molecule has 1 aliphatic heterocycles. The molecular formula is C23H40O3S2Si. The van der Waals surface area contributed by atoms with Crippen molar-refractivity contribution in [3.05, 3.63) is 12.2 Å². The fourth-order valence-electron chi connectivity index (χ4n) is 6.02. The Kier molecular flexibility index (Phi) is 6.38. The lowest BCUT2D eigenvalue weighted by molar-refractivity contribution is -0.0744. The largest absolute Gasteiger partial charge is 0.413 e. The molecule has 0 amide bonds. The second-order valence-electron chi connectivity index (χ2n) is 11.0. The molecule has 166 valence electrons. The van der Waals surface area contributed by atoms with E-state index in [4.69, 9.17) is 13.9 Å². The summed E-state index contributed by atoms with van der Waals surface area (Å²) in [5, 5.41) is 0.254. The van der Waals surface area contributed by atoms with E-state index in [2.05, 4.69) is 69.5 Å². The molecule has 5 atom stereocenters. The van der Waals surface area contributed by atoms with Gasteiger partial charge in [0, 0.05) is 12.5 Å². The number of thioether (sulfide) groups is 2. The molecule has 0 radical (unpaired) electrons. The number of fused-ring (bicyclic) bond motifs is 1. The van der Waals surface area contributed by atoms with Gasteiger partial charge in [-0.1, -0.05) is 32.9 Å². The fourth-order valence-corrected chi connectivity index (χ4v) is 11.4. The summed E-state index contributed by atoms with van der Waals surface area (Å²) in [4.78, 5) is 0. The third kappa shape index (κ3) is 3.82. The van der Waals surface area contributed by atoms with E-state index in [0.717, 1.165) is 12.3 Å². The zero-order chi connectivity index (χ0) is 20.9. The first-order valence-electron chi connectivity index (χ1n) is 11.4. The van der Waals surface area contributed by atoms with Crippen LogP contribution in [0.15, 0.2) is 12.2 Å². The molecule has 0 aromatic rings.